The summed E-state index contributed by atoms with van der Waals surface area (Å²) < 4.78 is 5.57. The third-order valence-electron chi connectivity index (χ3n) is 3.87. The second-order valence-corrected chi connectivity index (χ2v) is 5.92. The number of fused-ring (bicyclic) bond motifs is 1. The van der Waals surface area contributed by atoms with Crippen molar-refractivity contribution in [1.82, 2.24) is 5.32 Å². The van der Waals surface area contributed by atoms with E-state index in [1.54, 1.807) is 0 Å². The fourth-order valence-corrected chi connectivity index (χ4v) is 2.71. The standard InChI is InChI=1S/C17H27NO/c1-4-16(18-10-5-6-13(2)3)14-7-8-17-15(12-14)9-11-19-17/h7-8,12-13,16,18H,4-6,9-11H2,1-3H3. The average Bonchev–Trinajstić information content (AvgIpc) is 2.85. The lowest BCUT2D eigenvalue weighted by Gasteiger charge is -2.18. The Kier molecular flexibility index (Phi) is 5.26. The zero-order valence-corrected chi connectivity index (χ0v) is 12.5. The van der Waals surface area contributed by atoms with Crippen LogP contribution in [0, 0.1) is 5.92 Å². The molecule has 1 unspecified atom stereocenters. The summed E-state index contributed by atoms with van der Waals surface area (Å²) in [5.74, 6) is 1.89. The van der Waals surface area contributed by atoms with Crippen LogP contribution < -0.4 is 10.1 Å². The third-order valence-corrected chi connectivity index (χ3v) is 3.87. The van der Waals surface area contributed by atoms with E-state index in [1.807, 2.05) is 0 Å². The Bertz CT molecular complexity index is 400. The van der Waals surface area contributed by atoms with Crippen LogP contribution in [-0.2, 0) is 6.42 Å². The molecule has 2 heteroatoms. The van der Waals surface area contributed by atoms with E-state index in [4.69, 9.17) is 4.74 Å². The first-order valence-corrected chi connectivity index (χ1v) is 7.69. The molecule has 0 aromatic heterocycles. The highest BCUT2D eigenvalue weighted by atomic mass is 16.5. The molecule has 0 aliphatic carbocycles. The van der Waals surface area contributed by atoms with Crippen molar-refractivity contribution in [2.24, 2.45) is 5.92 Å². The molecular formula is C17H27NO. The summed E-state index contributed by atoms with van der Waals surface area (Å²) in [5, 5.41) is 3.69. The second kappa shape index (κ2) is 6.95. The molecule has 106 valence electrons. The smallest absolute Gasteiger partial charge is 0.122 e. The van der Waals surface area contributed by atoms with E-state index < -0.39 is 0 Å². The quantitative estimate of drug-likeness (QED) is 0.746. The highest BCUT2D eigenvalue weighted by Gasteiger charge is 2.15. The normalized spacial score (nSPS) is 15.4. The van der Waals surface area contributed by atoms with Gasteiger partial charge in [-0.15, -0.1) is 0 Å². The van der Waals surface area contributed by atoms with Gasteiger partial charge in [0.1, 0.15) is 5.75 Å². The predicted molar refractivity (Wildman–Crippen MR) is 80.7 cm³/mol. The van der Waals surface area contributed by atoms with Crippen molar-refractivity contribution in [2.75, 3.05) is 13.2 Å². The first kappa shape index (κ1) is 14.4. The maximum atomic E-state index is 5.57. The lowest BCUT2D eigenvalue weighted by molar-refractivity contribution is 0.356. The molecule has 0 saturated carbocycles. The van der Waals surface area contributed by atoms with Crippen molar-refractivity contribution in [3.63, 3.8) is 0 Å². The van der Waals surface area contributed by atoms with Gasteiger partial charge in [0.15, 0.2) is 0 Å². The zero-order valence-electron chi connectivity index (χ0n) is 12.5. The molecule has 0 radical (unpaired) electrons. The molecule has 2 nitrogen and oxygen atoms in total. The zero-order chi connectivity index (χ0) is 13.7. The van der Waals surface area contributed by atoms with Gasteiger partial charge in [0.2, 0.25) is 0 Å². The number of rotatable bonds is 7. The first-order chi connectivity index (χ1) is 9.20. The van der Waals surface area contributed by atoms with E-state index in [-0.39, 0.29) is 0 Å². The molecule has 2 rings (SSSR count). The maximum absolute atomic E-state index is 5.57. The van der Waals surface area contributed by atoms with E-state index in [1.165, 1.54) is 24.0 Å². The molecule has 1 aromatic carbocycles. The Hall–Kier alpha value is -1.02. The van der Waals surface area contributed by atoms with Gasteiger partial charge in [-0.3, -0.25) is 0 Å². The molecule has 0 saturated heterocycles. The molecule has 0 amide bonds. The van der Waals surface area contributed by atoms with Crippen LogP contribution in [0.25, 0.3) is 0 Å². The lowest BCUT2D eigenvalue weighted by Crippen LogP contribution is -2.22. The summed E-state index contributed by atoms with van der Waals surface area (Å²) in [7, 11) is 0. The summed E-state index contributed by atoms with van der Waals surface area (Å²) in [6.45, 7) is 8.79. The Morgan fingerprint density at radius 1 is 1.32 bits per heavy atom. The van der Waals surface area contributed by atoms with Gasteiger partial charge in [0, 0.05) is 12.5 Å². The van der Waals surface area contributed by atoms with Crippen molar-refractivity contribution in [2.45, 2.75) is 52.5 Å². The maximum Gasteiger partial charge on any atom is 0.122 e. The summed E-state index contributed by atoms with van der Waals surface area (Å²) in [6, 6.07) is 7.16. The lowest BCUT2D eigenvalue weighted by atomic mass is 10.0. The molecule has 0 fully saturated rings. The van der Waals surface area contributed by atoms with Gasteiger partial charge in [-0.05, 0) is 48.9 Å². The minimum Gasteiger partial charge on any atom is -0.493 e. The van der Waals surface area contributed by atoms with Gasteiger partial charge in [-0.1, -0.05) is 32.9 Å². The minimum atomic E-state index is 0.484. The Balaban J connectivity index is 1.90. The highest BCUT2D eigenvalue weighted by molar-refractivity contribution is 5.40. The summed E-state index contributed by atoms with van der Waals surface area (Å²) in [5.41, 5.74) is 2.79. The molecule has 0 bridgehead atoms. The van der Waals surface area contributed by atoms with Gasteiger partial charge in [-0.25, -0.2) is 0 Å². The summed E-state index contributed by atoms with van der Waals surface area (Å²) >= 11 is 0. The SMILES string of the molecule is CCC(NCCCC(C)C)c1ccc2c(c1)CCO2. The van der Waals surface area contributed by atoms with Crippen molar-refractivity contribution >= 4 is 0 Å². The van der Waals surface area contributed by atoms with Crippen LogP contribution in [0.4, 0.5) is 0 Å². The van der Waals surface area contributed by atoms with E-state index in [0.717, 1.165) is 37.7 Å². The molecule has 1 aliphatic rings. The van der Waals surface area contributed by atoms with Gasteiger partial charge < -0.3 is 10.1 Å². The van der Waals surface area contributed by atoms with Gasteiger partial charge in [0.05, 0.1) is 6.61 Å². The van der Waals surface area contributed by atoms with E-state index >= 15 is 0 Å². The largest absolute Gasteiger partial charge is 0.493 e. The topological polar surface area (TPSA) is 21.3 Å². The van der Waals surface area contributed by atoms with Crippen LogP contribution in [0.2, 0.25) is 0 Å². The number of hydrogen-bond acceptors (Lipinski definition) is 2. The summed E-state index contributed by atoms with van der Waals surface area (Å²) in [6.07, 6.45) is 4.78. The van der Waals surface area contributed by atoms with E-state index in [0.29, 0.717) is 6.04 Å². The average molecular weight is 261 g/mol. The van der Waals surface area contributed by atoms with Crippen LogP contribution in [0.3, 0.4) is 0 Å². The fraction of sp³-hybridized carbons (Fsp3) is 0.647. The number of ether oxygens (including phenoxy) is 1. The molecular weight excluding hydrogens is 234 g/mol. The van der Waals surface area contributed by atoms with Crippen molar-refractivity contribution < 1.29 is 4.74 Å². The van der Waals surface area contributed by atoms with Crippen LogP contribution in [0.5, 0.6) is 5.75 Å². The van der Waals surface area contributed by atoms with Crippen LogP contribution >= 0.6 is 0 Å². The number of hydrogen-bond donors (Lipinski definition) is 1. The monoisotopic (exact) mass is 261 g/mol. The predicted octanol–water partition coefficient (Wildman–Crippen LogP) is 4.10. The third kappa shape index (κ3) is 3.97. The molecule has 1 aliphatic heterocycles. The van der Waals surface area contributed by atoms with Crippen LogP contribution in [0.1, 0.15) is 57.2 Å². The Labute approximate surface area is 117 Å². The molecule has 0 spiro atoms. The summed E-state index contributed by atoms with van der Waals surface area (Å²) in [4.78, 5) is 0. The molecule has 1 atom stereocenters. The molecule has 19 heavy (non-hydrogen) atoms. The highest BCUT2D eigenvalue weighted by Crippen LogP contribution is 2.29. The van der Waals surface area contributed by atoms with Gasteiger partial charge >= 0.3 is 0 Å². The Morgan fingerprint density at radius 2 is 2.16 bits per heavy atom. The minimum absolute atomic E-state index is 0.484. The van der Waals surface area contributed by atoms with E-state index in [2.05, 4.69) is 44.3 Å². The fourth-order valence-electron chi connectivity index (χ4n) is 2.71. The van der Waals surface area contributed by atoms with Crippen molar-refractivity contribution in [3.8, 4) is 5.75 Å². The van der Waals surface area contributed by atoms with Crippen molar-refractivity contribution in [3.05, 3.63) is 29.3 Å². The van der Waals surface area contributed by atoms with Gasteiger partial charge in [0.25, 0.3) is 0 Å². The van der Waals surface area contributed by atoms with Crippen molar-refractivity contribution in [1.29, 1.82) is 0 Å². The Morgan fingerprint density at radius 3 is 2.89 bits per heavy atom. The van der Waals surface area contributed by atoms with Crippen LogP contribution in [-0.4, -0.2) is 13.2 Å². The number of nitrogens with one attached hydrogen (secondary N) is 1. The number of benzene rings is 1. The molecule has 1 aromatic rings. The first-order valence-electron chi connectivity index (χ1n) is 7.69. The molecule has 1 N–H and O–H groups in total. The second-order valence-electron chi connectivity index (χ2n) is 5.92. The van der Waals surface area contributed by atoms with Gasteiger partial charge in [-0.2, -0.15) is 0 Å². The molecule has 1 heterocycles. The van der Waals surface area contributed by atoms with E-state index in [9.17, 15) is 0 Å². The van der Waals surface area contributed by atoms with Crippen LogP contribution in [0.15, 0.2) is 18.2 Å².